The Hall–Kier alpha value is -4.85. The van der Waals surface area contributed by atoms with Crippen molar-refractivity contribution in [2.45, 2.75) is 146 Å². The monoisotopic (exact) mass is 934 g/mol. The summed E-state index contributed by atoms with van der Waals surface area (Å²) < 4.78 is 92.3. The number of methoxy groups -OCH3 is 1. The number of hydrogen-bond donors (Lipinski definition) is 3. The number of ether oxygens (including phenoxy) is 4. The van der Waals surface area contributed by atoms with Crippen molar-refractivity contribution in [3.8, 4) is 11.6 Å². The van der Waals surface area contributed by atoms with Gasteiger partial charge in [-0.2, -0.15) is 13.2 Å². The van der Waals surface area contributed by atoms with Gasteiger partial charge in [0.2, 0.25) is 33.3 Å². The molecule has 20 heteroatoms. The van der Waals surface area contributed by atoms with Crippen molar-refractivity contribution in [3.63, 3.8) is 0 Å². The number of carbonyl (C=O) groups is 4. The number of benzene rings is 1. The van der Waals surface area contributed by atoms with Gasteiger partial charge in [-0.3, -0.25) is 19.1 Å². The normalized spacial score (nSPS) is 31.3. The molecule has 0 spiro atoms. The zero-order valence-corrected chi connectivity index (χ0v) is 38.9. The van der Waals surface area contributed by atoms with E-state index in [4.69, 9.17) is 23.9 Å². The number of allylic oxidation sites excluding steroid dienone is 1. The summed E-state index contributed by atoms with van der Waals surface area (Å²) in [5.74, 6) is -2.95. The number of halogens is 3. The van der Waals surface area contributed by atoms with Crippen LogP contribution in [0, 0.1) is 17.8 Å². The fraction of sp³-hybridized carbons (Fsp3) is 0.667. The predicted molar refractivity (Wildman–Crippen MR) is 234 cm³/mol. The molecular weight excluding hydrogens is 874 g/mol. The topological polar surface area (TPSA) is 195 Å². The Morgan fingerprint density at radius 3 is 2.35 bits per heavy atom. The van der Waals surface area contributed by atoms with Gasteiger partial charge in [0.1, 0.15) is 29.5 Å². The van der Waals surface area contributed by atoms with Crippen LogP contribution in [-0.2, 0) is 33.9 Å². The lowest BCUT2D eigenvalue weighted by molar-refractivity contribution is -0.244. The highest BCUT2D eigenvalue weighted by Gasteiger charge is 2.63. The summed E-state index contributed by atoms with van der Waals surface area (Å²) >= 11 is 0. The first-order valence-corrected chi connectivity index (χ1v) is 23.8. The highest BCUT2D eigenvalue weighted by atomic mass is 32.2. The lowest BCUT2D eigenvalue weighted by Crippen LogP contribution is -2.59. The van der Waals surface area contributed by atoms with Crippen molar-refractivity contribution in [2.75, 3.05) is 31.6 Å². The fourth-order valence-electron chi connectivity index (χ4n) is 9.23. The number of fused-ring (bicyclic) bond motifs is 3. The second-order valence-electron chi connectivity index (χ2n) is 19.5. The number of pyridine rings is 1. The summed E-state index contributed by atoms with van der Waals surface area (Å²) in [4.78, 5) is 65.1. The first kappa shape index (κ1) is 48.1. The van der Waals surface area contributed by atoms with E-state index in [2.05, 4.69) is 20.3 Å². The van der Waals surface area contributed by atoms with E-state index in [0.29, 0.717) is 70.2 Å². The van der Waals surface area contributed by atoms with Gasteiger partial charge in [0.25, 0.3) is 5.91 Å². The number of aromatic nitrogens is 1. The van der Waals surface area contributed by atoms with Crippen molar-refractivity contribution >= 4 is 50.3 Å². The minimum absolute atomic E-state index is 0.0498. The van der Waals surface area contributed by atoms with E-state index in [1.165, 1.54) is 4.90 Å². The molecule has 4 amide bonds. The van der Waals surface area contributed by atoms with E-state index in [9.17, 15) is 40.8 Å². The van der Waals surface area contributed by atoms with E-state index >= 15 is 0 Å². The van der Waals surface area contributed by atoms with Crippen LogP contribution in [-0.4, -0.2) is 121 Å². The molecule has 7 rings (SSSR count). The molecule has 9 atom stereocenters. The van der Waals surface area contributed by atoms with E-state index in [1.807, 2.05) is 32.9 Å². The van der Waals surface area contributed by atoms with Crippen LogP contribution in [0.1, 0.15) is 93.4 Å². The Morgan fingerprint density at radius 2 is 1.71 bits per heavy atom. The number of morpholine rings is 1. The van der Waals surface area contributed by atoms with Gasteiger partial charge in [-0.1, -0.05) is 26.0 Å². The van der Waals surface area contributed by atoms with E-state index in [0.717, 1.165) is 11.1 Å². The second-order valence-corrected chi connectivity index (χ2v) is 21.7. The molecule has 0 unspecified atom stereocenters. The van der Waals surface area contributed by atoms with Gasteiger partial charge < -0.3 is 39.4 Å². The maximum Gasteiger partial charge on any atom is 0.427 e. The molecule has 1 aromatic carbocycles. The summed E-state index contributed by atoms with van der Waals surface area (Å²) in [6.07, 6.45) is 0.149. The van der Waals surface area contributed by atoms with Gasteiger partial charge >= 0.3 is 12.3 Å². The molecular formula is C45H61F3N6O10S. The molecule has 16 nitrogen and oxygen atoms in total. The zero-order valence-electron chi connectivity index (χ0n) is 38.1. The number of amides is 4. The van der Waals surface area contributed by atoms with Gasteiger partial charge in [-0.25, -0.2) is 18.2 Å². The summed E-state index contributed by atoms with van der Waals surface area (Å²) in [5, 5.41) is 6.61. The van der Waals surface area contributed by atoms with Crippen LogP contribution in [0.25, 0.3) is 10.8 Å². The van der Waals surface area contributed by atoms with E-state index < -0.39 is 85.9 Å². The average molecular weight is 935 g/mol. The molecule has 2 aliphatic carbocycles. The lowest BCUT2D eigenvalue weighted by Gasteiger charge is -2.37. The van der Waals surface area contributed by atoms with E-state index in [1.54, 1.807) is 45.4 Å². The van der Waals surface area contributed by atoms with Crippen LogP contribution in [0.5, 0.6) is 11.6 Å². The van der Waals surface area contributed by atoms with Gasteiger partial charge in [0, 0.05) is 36.2 Å². The van der Waals surface area contributed by atoms with Gasteiger partial charge in [0.05, 0.1) is 42.5 Å². The van der Waals surface area contributed by atoms with Crippen molar-refractivity contribution in [2.24, 2.45) is 17.8 Å². The maximum atomic E-state index is 15.0. The van der Waals surface area contributed by atoms with Gasteiger partial charge in [0.15, 0.2) is 0 Å². The lowest BCUT2D eigenvalue weighted by atomic mass is 9.88. The standard InChI is InChI=1S/C45H61F3N6O10S/c1-25-11-9-10-12-29-20-44(29,40(57)52-65(59,60)43(7)15-16-43)51-37(55)34-19-31(24-54(34)39(56)36(26(2)17-25)50-41(58)64-42(5,6)45(46,47)48)63-38-32-14-13-30(61-8)18-33(32)35(21-49-38)53-22-27(3)62-28(4)23-53/h10,12-14,18,21,25-29,31,34,36H,9,11,15-17,19-20,22-24H2,1-8H3,(H,50,58)(H,51,55)(H,52,57)/b12-10+/t25-,26-,27-,28+,29-,31-,34+,36+,44-/m1/s1. The maximum absolute atomic E-state index is 15.0. The van der Waals surface area contributed by atoms with Gasteiger partial charge in [-0.15, -0.1) is 0 Å². The number of alkyl carbamates (subject to hydrolysis) is 1. The largest absolute Gasteiger partial charge is 0.497 e. The van der Waals surface area contributed by atoms with Crippen molar-refractivity contribution in [1.82, 2.24) is 25.2 Å². The third-order valence-electron chi connectivity index (χ3n) is 13.6. The third kappa shape index (κ3) is 9.98. The fourth-order valence-corrected chi connectivity index (χ4v) is 10.5. The molecule has 5 aliphatic rings. The highest BCUT2D eigenvalue weighted by Crippen LogP contribution is 2.48. The van der Waals surface area contributed by atoms with Crippen LogP contribution >= 0.6 is 0 Å². The molecule has 2 aromatic rings. The molecule has 4 heterocycles. The summed E-state index contributed by atoms with van der Waals surface area (Å²) in [7, 11) is -2.54. The molecule has 0 radical (unpaired) electrons. The third-order valence-corrected chi connectivity index (χ3v) is 15.8. The van der Waals surface area contributed by atoms with Crippen molar-refractivity contribution < 1.29 is 59.7 Å². The van der Waals surface area contributed by atoms with Crippen LogP contribution in [0.2, 0.25) is 0 Å². The molecule has 2 saturated carbocycles. The number of alkyl halides is 3. The number of nitrogens with zero attached hydrogens (tertiary/aromatic N) is 3. The Kier molecular flexibility index (Phi) is 13.1. The minimum Gasteiger partial charge on any atom is -0.497 e. The first-order chi connectivity index (χ1) is 30.4. The second kappa shape index (κ2) is 17.8. The molecule has 1 aromatic heterocycles. The average Bonchev–Trinajstić information content (AvgIpc) is 4.10. The van der Waals surface area contributed by atoms with Crippen molar-refractivity contribution in [3.05, 3.63) is 36.5 Å². The Bertz CT molecular complexity index is 2320. The van der Waals surface area contributed by atoms with Crippen LogP contribution in [0.3, 0.4) is 0 Å². The number of nitrogens with one attached hydrogen (secondary N) is 3. The summed E-state index contributed by atoms with van der Waals surface area (Å²) in [6.45, 7) is 11.5. The van der Waals surface area contributed by atoms with Gasteiger partial charge in [-0.05, 0) is 103 Å². The van der Waals surface area contributed by atoms with Crippen LogP contribution in [0.15, 0.2) is 36.5 Å². The number of carbonyl (C=O) groups excluding carboxylic acids is 4. The Labute approximate surface area is 377 Å². The number of rotatable bonds is 9. The Morgan fingerprint density at radius 1 is 1.02 bits per heavy atom. The molecule has 3 aliphatic heterocycles. The molecule has 65 heavy (non-hydrogen) atoms. The molecule has 0 bridgehead atoms. The summed E-state index contributed by atoms with van der Waals surface area (Å²) in [5.41, 5.74) is -3.75. The quantitative estimate of drug-likeness (QED) is 0.267. The highest BCUT2D eigenvalue weighted by molar-refractivity contribution is 7.91. The van der Waals surface area contributed by atoms with Crippen LogP contribution in [0.4, 0.5) is 23.7 Å². The number of anilines is 1. The Balaban J connectivity index is 1.24. The van der Waals surface area contributed by atoms with Crippen molar-refractivity contribution in [1.29, 1.82) is 0 Å². The molecule has 2 saturated heterocycles. The summed E-state index contributed by atoms with van der Waals surface area (Å²) in [6, 6.07) is 2.63. The SMILES string of the molecule is COc1ccc2c(O[C@@H]3C[C@H]4C(=O)N[C@]5(C(=O)NS(=O)(=O)C6(C)CC6)C[C@H]5/C=C/CC[C@@H](C)C[C@@H](C)[C@H](NC(=O)OC(C)(C)C(F)(F)F)C(=O)N4C3)ncc(N3C[C@@H](C)O[C@@H](C)C3)c2c1. The smallest absolute Gasteiger partial charge is 0.427 e. The minimum atomic E-state index is -4.92. The molecule has 4 fully saturated rings. The number of hydrogen-bond acceptors (Lipinski definition) is 12. The predicted octanol–water partition coefficient (Wildman–Crippen LogP) is 5.53. The first-order valence-electron chi connectivity index (χ1n) is 22.3. The zero-order chi connectivity index (χ0) is 47.4. The molecule has 358 valence electrons. The molecule has 3 N–H and O–H groups in total. The van der Waals surface area contributed by atoms with Crippen LogP contribution < -0.4 is 29.7 Å². The number of sulfonamides is 1. The van der Waals surface area contributed by atoms with E-state index in [-0.39, 0.29) is 43.4 Å².